The number of sulfone groups is 1. The van der Waals surface area contributed by atoms with Crippen molar-refractivity contribution in [1.82, 2.24) is 0 Å². The van der Waals surface area contributed by atoms with Crippen molar-refractivity contribution in [3.05, 3.63) is 36.4 Å². The van der Waals surface area contributed by atoms with Crippen LogP contribution in [-0.2, 0) is 14.6 Å². The van der Waals surface area contributed by atoms with E-state index >= 15 is 0 Å². The number of ether oxygens (including phenoxy) is 3. The van der Waals surface area contributed by atoms with Crippen LogP contribution in [0.3, 0.4) is 0 Å². The zero-order valence-electron chi connectivity index (χ0n) is 17.1. The number of hydrogen-bond donors (Lipinski definition) is 2. The average Bonchev–Trinajstić information content (AvgIpc) is 2.68. The molecule has 0 spiro atoms. The molecular weight excluding hydrogens is 396 g/mol. The van der Waals surface area contributed by atoms with E-state index in [1.54, 1.807) is 37.3 Å². The lowest BCUT2D eigenvalue weighted by Crippen LogP contribution is -2.32. The molecule has 0 fully saturated rings. The van der Waals surface area contributed by atoms with Crippen molar-refractivity contribution in [3.63, 3.8) is 0 Å². The summed E-state index contributed by atoms with van der Waals surface area (Å²) < 4.78 is 40.2. The molecule has 1 atom stereocenters. The first-order valence-corrected chi connectivity index (χ1v) is 10.8. The molecule has 0 heterocycles. The molecule has 2 N–H and O–H groups in total. The van der Waals surface area contributed by atoms with Crippen LogP contribution in [0, 0.1) is 0 Å². The third-order valence-corrected chi connectivity index (χ3v) is 5.23. The minimum atomic E-state index is -3.53. The average molecular weight is 423 g/mol. The number of benzene rings is 2. The molecule has 2 aromatic carbocycles. The molecule has 9 heteroatoms. The van der Waals surface area contributed by atoms with Crippen LogP contribution in [0.4, 0.5) is 11.4 Å². The van der Waals surface area contributed by atoms with Gasteiger partial charge in [-0.3, -0.25) is 4.79 Å². The number of nitrogens with one attached hydrogen (secondary N) is 2. The van der Waals surface area contributed by atoms with Crippen LogP contribution in [0.15, 0.2) is 41.3 Å². The second-order valence-electron chi connectivity index (χ2n) is 6.28. The van der Waals surface area contributed by atoms with E-state index in [1.807, 2.05) is 6.92 Å². The molecule has 0 radical (unpaired) electrons. The van der Waals surface area contributed by atoms with Gasteiger partial charge in [-0.2, -0.15) is 0 Å². The highest BCUT2D eigenvalue weighted by molar-refractivity contribution is 7.90. The Balaban J connectivity index is 2.24. The van der Waals surface area contributed by atoms with Gasteiger partial charge in [-0.25, -0.2) is 8.42 Å². The summed E-state index contributed by atoms with van der Waals surface area (Å²) in [5, 5.41) is 5.72. The normalized spacial score (nSPS) is 12.0. The SMILES string of the molecule is CCOc1ccc(NC(C)C(=O)Nc2cc(OC)ccc2OC)c(S(C)(=O)=O)c1. The van der Waals surface area contributed by atoms with Crippen molar-refractivity contribution < 1.29 is 27.4 Å². The maximum Gasteiger partial charge on any atom is 0.246 e. The van der Waals surface area contributed by atoms with Crippen molar-refractivity contribution in [1.29, 1.82) is 0 Å². The van der Waals surface area contributed by atoms with Crippen LogP contribution < -0.4 is 24.8 Å². The van der Waals surface area contributed by atoms with Gasteiger partial charge in [0, 0.05) is 18.4 Å². The van der Waals surface area contributed by atoms with Crippen molar-refractivity contribution >= 4 is 27.1 Å². The van der Waals surface area contributed by atoms with E-state index in [9.17, 15) is 13.2 Å². The number of carbonyl (C=O) groups is 1. The summed E-state index contributed by atoms with van der Waals surface area (Å²) in [6.07, 6.45) is 1.11. The van der Waals surface area contributed by atoms with Crippen LogP contribution in [0.1, 0.15) is 13.8 Å². The van der Waals surface area contributed by atoms with Gasteiger partial charge in [-0.1, -0.05) is 0 Å². The van der Waals surface area contributed by atoms with E-state index in [4.69, 9.17) is 14.2 Å². The lowest BCUT2D eigenvalue weighted by molar-refractivity contribution is -0.116. The van der Waals surface area contributed by atoms with E-state index in [2.05, 4.69) is 10.6 Å². The van der Waals surface area contributed by atoms with Gasteiger partial charge in [-0.05, 0) is 38.1 Å². The van der Waals surface area contributed by atoms with E-state index in [0.29, 0.717) is 35.2 Å². The molecule has 2 rings (SSSR count). The first kappa shape index (κ1) is 22.4. The van der Waals surface area contributed by atoms with Crippen molar-refractivity contribution in [2.75, 3.05) is 37.7 Å². The first-order valence-electron chi connectivity index (χ1n) is 8.96. The fourth-order valence-corrected chi connectivity index (χ4v) is 3.49. The molecule has 0 aliphatic heterocycles. The summed E-state index contributed by atoms with van der Waals surface area (Å²) >= 11 is 0. The van der Waals surface area contributed by atoms with Crippen molar-refractivity contribution in [3.8, 4) is 17.2 Å². The Labute approximate surface area is 171 Å². The zero-order valence-corrected chi connectivity index (χ0v) is 17.9. The van der Waals surface area contributed by atoms with Crippen LogP contribution in [0.25, 0.3) is 0 Å². The molecule has 8 nitrogen and oxygen atoms in total. The Bertz CT molecular complexity index is 975. The Kier molecular flexibility index (Phi) is 7.33. The summed E-state index contributed by atoms with van der Waals surface area (Å²) in [6.45, 7) is 3.85. The summed E-state index contributed by atoms with van der Waals surface area (Å²) in [6, 6.07) is 8.98. The van der Waals surface area contributed by atoms with Gasteiger partial charge in [0.05, 0.1) is 37.1 Å². The number of hydrogen-bond acceptors (Lipinski definition) is 7. The quantitative estimate of drug-likeness (QED) is 0.640. The number of carbonyl (C=O) groups excluding carboxylic acids is 1. The zero-order chi connectivity index (χ0) is 21.6. The maximum absolute atomic E-state index is 12.7. The fraction of sp³-hybridized carbons (Fsp3) is 0.350. The van der Waals surface area contributed by atoms with Crippen LogP contribution >= 0.6 is 0 Å². The highest BCUT2D eigenvalue weighted by Crippen LogP contribution is 2.30. The number of anilines is 2. The molecule has 0 aliphatic carbocycles. The molecule has 2 aromatic rings. The summed E-state index contributed by atoms with van der Waals surface area (Å²) in [5.74, 6) is 1.11. The molecule has 0 aliphatic rings. The standard InChI is InChI=1S/C20H26N2O6S/c1-6-28-15-7-9-16(19(12-15)29(5,24)25)21-13(2)20(23)22-17-11-14(26-3)8-10-18(17)27-4/h7-13,21H,6H2,1-5H3,(H,22,23). The van der Waals surface area contributed by atoms with E-state index in [1.165, 1.54) is 20.3 Å². The molecule has 0 saturated carbocycles. The molecule has 29 heavy (non-hydrogen) atoms. The first-order chi connectivity index (χ1) is 13.7. The monoisotopic (exact) mass is 422 g/mol. The van der Waals surface area contributed by atoms with Gasteiger partial charge in [0.1, 0.15) is 23.3 Å². The minimum absolute atomic E-state index is 0.0575. The number of methoxy groups -OCH3 is 2. The van der Waals surface area contributed by atoms with E-state index in [-0.39, 0.29) is 10.8 Å². The minimum Gasteiger partial charge on any atom is -0.497 e. The van der Waals surface area contributed by atoms with Crippen LogP contribution in [0.5, 0.6) is 17.2 Å². The predicted octanol–water partition coefficient (Wildman–Crippen LogP) is 2.95. The Morgan fingerprint density at radius 2 is 1.72 bits per heavy atom. The summed E-state index contributed by atoms with van der Waals surface area (Å²) in [4.78, 5) is 12.7. The summed E-state index contributed by atoms with van der Waals surface area (Å²) in [7, 11) is -0.513. The molecule has 1 unspecified atom stereocenters. The maximum atomic E-state index is 12.7. The highest BCUT2D eigenvalue weighted by atomic mass is 32.2. The lowest BCUT2D eigenvalue weighted by Gasteiger charge is -2.19. The molecule has 0 aromatic heterocycles. The van der Waals surface area contributed by atoms with Crippen molar-refractivity contribution in [2.24, 2.45) is 0 Å². The lowest BCUT2D eigenvalue weighted by atomic mass is 10.2. The van der Waals surface area contributed by atoms with Crippen LogP contribution in [0.2, 0.25) is 0 Å². The third-order valence-electron chi connectivity index (χ3n) is 4.09. The van der Waals surface area contributed by atoms with Gasteiger partial charge in [0.15, 0.2) is 9.84 Å². The van der Waals surface area contributed by atoms with Gasteiger partial charge < -0.3 is 24.8 Å². The predicted molar refractivity (Wildman–Crippen MR) is 112 cm³/mol. The molecular formula is C20H26N2O6S. The second-order valence-corrected chi connectivity index (χ2v) is 8.27. The topological polar surface area (TPSA) is 103 Å². The van der Waals surface area contributed by atoms with Gasteiger partial charge >= 0.3 is 0 Å². The second kappa shape index (κ2) is 9.51. The highest BCUT2D eigenvalue weighted by Gasteiger charge is 2.20. The number of amides is 1. The third kappa shape index (κ3) is 5.77. The molecule has 158 valence electrons. The largest absolute Gasteiger partial charge is 0.497 e. The molecule has 0 saturated heterocycles. The Morgan fingerprint density at radius 3 is 2.31 bits per heavy atom. The Morgan fingerprint density at radius 1 is 1.03 bits per heavy atom. The van der Waals surface area contributed by atoms with Gasteiger partial charge in [0.2, 0.25) is 5.91 Å². The van der Waals surface area contributed by atoms with Gasteiger partial charge in [-0.15, -0.1) is 0 Å². The van der Waals surface area contributed by atoms with Crippen LogP contribution in [-0.4, -0.2) is 47.4 Å². The smallest absolute Gasteiger partial charge is 0.246 e. The number of rotatable bonds is 9. The van der Waals surface area contributed by atoms with E-state index in [0.717, 1.165) is 6.26 Å². The molecule has 1 amide bonds. The van der Waals surface area contributed by atoms with Crippen molar-refractivity contribution in [2.45, 2.75) is 24.8 Å². The summed E-state index contributed by atoms with van der Waals surface area (Å²) in [5.41, 5.74) is 0.761. The Hall–Kier alpha value is -2.94. The van der Waals surface area contributed by atoms with Gasteiger partial charge in [0.25, 0.3) is 0 Å². The van der Waals surface area contributed by atoms with E-state index < -0.39 is 15.9 Å². The fourth-order valence-electron chi connectivity index (χ4n) is 2.64. The molecule has 0 bridgehead atoms.